The summed E-state index contributed by atoms with van der Waals surface area (Å²) in [6, 6.07) is 0. The Labute approximate surface area is 114 Å². The van der Waals surface area contributed by atoms with Gasteiger partial charge in [-0.05, 0) is 32.7 Å². The van der Waals surface area contributed by atoms with Gasteiger partial charge in [0.05, 0.1) is 5.69 Å². The fourth-order valence-corrected chi connectivity index (χ4v) is 2.79. The Bertz CT molecular complexity index is 399. The Morgan fingerprint density at radius 2 is 2.11 bits per heavy atom. The van der Waals surface area contributed by atoms with Crippen LogP contribution in [0.3, 0.4) is 0 Å². The van der Waals surface area contributed by atoms with Crippen molar-refractivity contribution < 1.29 is 4.74 Å². The van der Waals surface area contributed by atoms with Gasteiger partial charge in [-0.15, -0.1) is 0 Å². The van der Waals surface area contributed by atoms with Gasteiger partial charge in [-0.3, -0.25) is 4.68 Å². The molecule has 0 radical (unpaired) electrons. The molecule has 0 spiro atoms. The molecule has 1 aliphatic heterocycles. The molecular formula is C13H22ClN3O. The van der Waals surface area contributed by atoms with Gasteiger partial charge in [0.2, 0.25) is 0 Å². The summed E-state index contributed by atoms with van der Waals surface area (Å²) in [5.74, 6) is 0.750. The lowest BCUT2D eigenvalue weighted by Crippen LogP contribution is -2.29. The lowest BCUT2D eigenvalue weighted by atomic mass is 10.00. The first-order chi connectivity index (χ1) is 8.58. The van der Waals surface area contributed by atoms with Crippen molar-refractivity contribution >= 4 is 11.6 Å². The molecule has 0 atom stereocenters. The Hall–Kier alpha value is -0.580. The molecule has 0 aliphatic carbocycles. The normalized spacial score (nSPS) is 17.6. The third-order valence-electron chi connectivity index (χ3n) is 3.61. The topological polar surface area (TPSA) is 30.3 Å². The van der Waals surface area contributed by atoms with Crippen LogP contribution in [-0.4, -0.2) is 41.5 Å². The third kappa shape index (κ3) is 3.25. The van der Waals surface area contributed by atoms with Crippen LogP contribution in [0, 0.1) is 12.8 Å². The first-order valence-corrected chi connectivity index (χ1v) is 6.90. The number of aryl methyl sites for hydroxylation is 2. The molecule has 4 nitrogen and oxygen atoms in total. The van der Waals surface area contributed by atoms with Crippen LogP contribution in [0.4, 0.5) is 0 Å². The van der Waals surface area contributed by atoms with Crippen LogP contribution in [0.15, 0.2) is 0 Å². The molecule has 18 heavy (non-hydrogen) atoms. The van der Waals surface area contributed by atoms with Crippen LogP contribution in [0.1, 0.15) is 24.1 Å². The molecule has 0 N–H and O–H groups in total. The molecule has 0 amide bonds. The number of hydrogen-bond donors (Lipinski definition) is 0. The van der Waals surface area contributed by atoms with Gasteiger partial charge >= 0.3 is 0 Å². The minimum absolute atomic E-state index is 0.750. The van der Waals surface area contributed by atoms with E-state index in [9.17, 15) is 0 Å². The second kappa shape index (κ2) is 6.04. The number of hydrogen-bond acceptors (Lipinski definition) is 3. The second-order valence-electron chi connectivity index (χ2n) is 5.23. The van der Waals surface area contributed by atoms with Crippen molar-refractivity contribution in [3.05, 3.63) is 16.4 Å². The van der Waals surface area contributed by atoms with E-state index >= 15 is 0 Å². The van der Waals surface area contributed by atoms with Crippen molar-refractivity contribution in [2.45, 2.75) is 26.3 Å². The molecule has 1 aromatic rings. The van der Waals surface area contributed by atoms with Crippen molar-refractivity contribution in [3.63, 3.8) is 0 Å². The highest BCUT2D eigenvalue weighted by molar-refractivity contribution is 6.30. The molecular weight excluding hydrogens is 250 g/mol. The summed E-state index contributed by atoms with van der Waals surface area (Å²) in [5, 5.41) is 5.10. The molecule has 0 saturated carbocycles. The van der Waals surface area contributed by atoms with Crippen LogP contribution in [0.2, 0.25) is 5.15 Å². The molecule has 2 rings (SSSR count). The minimum atomic E-state index is 0.750. The quantitative estimate of drug-likeness (QED) is 0.841. The van der Waals surface area contributed by atoms with E-state index in [1.54, 1.807) is 4.68 Å². The molecule has 0 bridgehead atoms. The minimum Gasteiger partial charge on any atom is -0.381 e. The van der Waals surface area contributed by atoms with E-state index in [1.807, 2.05) is 14.0 Å². The van der Waals surface area contributed by atoms with Crippen LogP contribution in [0.5, 0.6) is 0 Å². The summed E-state index contributed by atoms with van der Waals surface area (Å²) >= 11 is 6.25. The summed E-state index contributed by atoms with van der Waals surface area (Å²) in [5.41, 5.74) is 2.18. The van der Waals surface area contributed by atoms with Gasteiger partial charge in [0.25, 0.3) is 0 Å². The predicted octanol–water partition coefficient (Wildman–Crippen LogP) is 2.24. The Balaban J connectivity index is 1.91. The highest BCUT2D eigenvalue weighted by atomic mass is 35.5. The standard InChI is InChI=1S/C13H22ClN3O/c1-10-12(13(14)17(3)15-10)9-16(2)8-11-4-6-18-7-5-11/h11H,4-9H2,1-3H3. The Morgan fingerprint density at radius 1 is 1.44 bits per heavy atom. The summed E-state index contributed by atoms with van der Waals surface area (Å²) in [7, 11) is 4.04. The summed E-state index contributed by atoms with van der Waals surface area (Å²) in [6.45, 7) is 5.81. The molecule has 2 heterocycles. The highest BCUT2D eigenvalue weighted by Crippen LogP contribution is 2.22. The van der Waals surface area contributed by atoms with Crippen molar-refractivity contribution in [2.75, 3.05) is 26.8 Å². The molecule has 1 saturated heterocycles. The second-order valence-corrected chi connectivity index (χ2v) is 5.59. The molecule has 0 unspecified atom stereocenters. The zero-order valence-corrected chi connectivity index (χ0v) is 12.2. The predicted molar refractivity (Wildman–Crippen MR) is 72.8 cm³/mol. The summed E-state index contributed by atoms with van der Waals surface area (Å²) in [4.78, 5) is 2.34. The summed E-state index contributed by atoms with van der Waals surface area (Å²) < 4.78 is 7.13. The molecule has 1 aromatic heterocycles. The van der Waals surface area contributed by atoms with E-state index in [-0.39, 0.29) is 0 Å². The smallest absolute Gasteiger partial charge is 0.131 e. The molecule has 5 heteroatoms. The van der Waals surface area contributed by atoms with Crippen LogP contribution in [0.25, 0.3) is 0 Å². The molecule has 1 fully saturated rings. The molecule has 102 valence electrons. The number of aromatic nitrogens is 2. The highest BCUT2D eigenvalue weighted by Gasteiger charge is 2.18. The van der Waals surface area contributed by atoms with Crippen molar-refractivity contribution in [1.82, 2.24) is 14.7 Å². The number of halogens is 1. The largest absolute Gasteiger partial charge is 0.381 e. The zero-order valence-electron chi connectivity index (χ0n) is 11.4. The SMILES string of the molecule is Cc1nn(C)c(Cl)c1CN(C)CC1CCOCC1. The monoisotopic (exact) mass is 271 g/mol. The lowest BCUT2D eigenvalue weighted by Gasteiger charge is -2.27. The van der Waals surface area contributed by atoms with Crippen LogP contribution in [-0.2, 0) is 18.3 Å². The van der Waals surface area contributed by atoms with E-state index < -0.39 is 0 Å². The van der Waals surface area contributed by atoms with Gasteiger partial charge in [-0.2, -0.15) is 5.10 Å². The molecule has 0 aromatic carbocycles. The Morgan fingerprint density at radius 3 is 2.67 bits per heavy atom. The van der Waals surface area contributed by atoms with E-state index in [2.05, 4.69) is 17.0 Å². The number of nitrogens with zero attached hydrogens (tertiary/aromatic N) is 3. The van der Waals surface area contributed by atoms with E-state index in [4.69, 9.17) is 16.3 Å². The third-order valence-corrected chi connectivity index (χ3v) is 4.08. The maximum atomic E-state index is 6.25. The van der Waals surface area contributed by atoms with Gasteiger partial charge in [-0.25, -0.2) is 0 Å². The van der Waals surface area contributed by atoms with E-state index in [0.717, 1.165) is 48.6 Å². The van der Waals surface area contributed by atoms with Gasteiger partial charge in [0.15, 0.2) is 0 Å². The Kier molecular flexibility index (Phi) is 4.65. The number of ether oxygens (including phenoxy) is 1. The van der Waals surface area contributed by atoms with Crippen molar-refractivity contribution in [1.29, 1.82) is 0 Å². The van der Waals surface area contributed by atoms with Gasteiger partial charge in [-0.1, -0.05) is 11.6 Å². The first-order valence-electron chi connectivity index (χ1n) is 6.52. The number of rotatable bonds is 4. The van der Waals surface area contributed by atoms with Gasteiger partial charge in [0, 0.05) is 38.9 Å². The average molecular weight is 272 g/mol. The van der Waals surface area contributed by atoms with E-state index in [0.29, 0.717) is 0 Å². The zero-order chi connectivity index (χ0) is 13.1. The maximum Gasteiger partial charge on any atom is 0.131 e. The first kappa shape index (κ1) is 13.8. The van der Waals surface area contributed by atoms with Gasteiger partial charge < -0.3 is 9.64 Å². The van der Waals surface area contributed by atoms with Crippen molar-refractivity contribution in [3.8, 4) is 0 Å². The average Bonchev–Trinajstić information content (AvgIpc) is 2.57. The fraction of sp³-hybridized carbons (Fsp3) is 0.769. The van der Waals surface area contributed by atoms with E-state index in [1.165, 1.54) is 12.8 Å². The molecule has 1 aliphatic rings. The maximum absolute atomic E-state index is 6.25. The van der Waals surface area contributed by atoms with Crippen LogP contribution < -0.4 is 0 Å². The fourth-order valence-electron chi connectivity index (χ4n) is 2.56. The lowest BCUT2D eigenvalue weighted by molar-refractivity contribution is 0.0549. The van der Waals surface area contributed by atoms with Gasteiger partial charge in [0.1, 0.15) is 5.15 Å². The van der Waals surface area contributed by atoms with Crippen molar-refractivity contribution in [2.24, 2.45) is 13.0 Å². The van der Waals surface area contributed by atoms with Crippen LogP contribution >= 0.6 is 11.6 Å². The summed E-state index contributed by atoms with van der Waals surface area (Å²) in [6.07, 6.45) is 2.34.